The summed E-state index contributed by atoms with van der Waals surface area (Å²) in [6, 6.07) is 9.90. The number of carbonyl (C=O) groups excluding carboxylic acids is 1. The third-order valence-corrected chi connectivity index (χ3v) is 7.16. The normalized spacial score (nSPS) is 15.2. The Morgan fingerprint density at radius 2 is 1.88 bits per heavy atom. The Morgan fingerprint density at radius 1 is 1.12 bits per heavy atom. The molecule has 2 aromatic heterocycles. The molecule has 4 rings (SSSR count). The summed E-state index contributed by atoms with van der Waals surface area (Å²) in [5, 5.41) is 3.03. The number of anilines is 1. The van der Waals surface area contributed by atoms with Gasteiger partial charge in [-0.1, -0.05) is 6.07 Å². The highest BCUT2D eigenvalue weighted by molar-refractivity contribution is 5.88. The molecule has 3 heterocycles. The number of rotatable bonds is 9. The fourth-order valence-corrected chi connectivity index (χ4v) is 4.95. The van der Waals surface area contributed by atoms with Crippen molar-refractivity contribution >= 4 is 11.6 Å². The third kappa shape index (κ3) is 6.35. The molecule has 1 amide bonds. The number of hydrogen-bond acceptors (Lipinski definition) is 6. The van der Waals surface area contributed by atoms with Crippen molar-refractivity contribution in [3.63, 3.8) is 0 Å². The summed E-state index contributed by atoms with van der Waals surface area (Å²) in [6.45, 7) is 3.99. The standard InChI is InChI=1S/C29H33F4N5O2/c1-4-40-26-22(6-5-13-34-26)24-9-7-21(19-36-24)28(27(39)35-14-17-37(2)3)11-15-38(16-12-28)25-10-8-20(18-23(25)30)29(31,32)33/h5-10,13,18-19H,4,11-12,14-17H2,1-3H3,(H,35,39). The molecule has 0 atom stereocenters. The maximum absolute atomic E-state index is 14.7. The molecule has 0 bridgehead atoms. The molecular weight excluding hydrogens is 526 g/mol. The number of benzene rings is 1. The Morgan fingerprint density at radius 3 is 2.48 bits per heavy atom. The van der Waals surface area contributed by atoms with Crippen LogP contribution in [-0.2, 0) is 16.4 Å². The quantitative estimate of drug-likeness (QED) is 0.376. The molecule has 1 aromatic carbocycles. The number of halogens is 4. The van der Waals surface area contributed by atoms with Crippen LogP contribution in [0, 0.1) is 5.82 Å². The van der Waals surface area contributed by atoms with E-state index in [1.807, 2.05) is 44.1 Å². The minimum Gasteiger partial charge on any atom is -0.477 e. The first kappa shape index (κ1) is 29.3. The molecule has 1 aliphatic heterocycles. The first-order chi connectivity index (χ1) is 19.0. The van der Waals surface area contributed by atoms with Crippen LogP contribution in [0.25, 0.3) is 11.3 Å². The Bertz CT molecular complexity index is 1310. The summed E-state index contributed by atoms with van der Waals surface area (Å²) >= 11 is 0. The highest BCUT2D eigenvalue weighted by atomic mass is 19.4. The van der Waals surface area contributed by atoms with Crippen molar-refractivity contribution in [1.82, 2.24) is 20.2 Å². The molecular formula is C29H33F4N5O2. The van der Waals surface area contributed by atoms with Crippen LogP contribution < -0.4 is 15.0 Å². The summed E-state index contributed by atoms with van der Waals surface area (Å²) in [6.07, 6.45) is -0.640. The van der Waals surface area contributed by atoms with Gasteiger partial charge in [-0.05, 0) is 75.8 Å². The molecule has 0 aliphatic carbocycles. The highest BCUT2D eigenvalue weighted by Gasteiger charge is 2.43. The van der Waals surface area contributed by atoms with Gasteiger partial charge < -0.3 is 19.9 Å². The number of alkyl halides is 3. The minimum atomic E-state index is -4.63. The van der Waals surface area contributed by atoms with Gasteiger partial charge in [0.1, 0.15) is 5.82 Å². The molecule has 0 saturated carbocycles. The topological polar surface area (TPSA) is 70.6 Å². The Hall–Kier alpha value is -3.73. The van der Waals surface area contributed by atoms with Crippen LogP contribution in [0.5, 0.6) is 5.88 Å². The van der Waals surface area contributed by atoms with E-state index in [9.17, 15) is 22.4 Å². The van der Waals surface area contributed by atoms with Crippen LogP contribution in [0.15, 0.2) is 54.9 Å². The number of likely N-dealkylation sites (N-methyl/N-ethyl adjacent to an activating group) is 1. The van der Waals surface area contributed by atoms with E-state index in [0.717, 1.165) is 17.7 Å². The number of pyridine rings is 2. The van der Waals surface area contributed by atoms with E-state index in [-0.39, 0.29) is 24.7 Å². The molecule has 1 N–H and O–H groups in total. The smallest absolute Gasteiger partial charge is 0.416 e. The minimum absolute atomic E-state index is 0.0862. The predicted octanol–water partition coefficient (Wildman–Crippen LogP) is 4.92. The maximum Gasteiger partial charge on any atom is 0.416 e. The van der Waals surface area contributed by atoms with Crippen LogP contribution in [0.2, 0.25) is 0 Å². The number of ether oxygens (including phenoxy) is 1. The van der Waals surface area contributed by atoms with Gasteiger partial charge in [-0.3, -0.25) is 9.78 Å². The van der Waals surface area contributed by atoms with Gasteiger partial charge >= 0.3 is 6.18 Å². The summed E-state index contributed by atoms with van der Waals surface area (Å²) < 4.78 is 59.4. The van der Waals surface area contributed by atoms with Gasteiger partial charge in [0.15, 0.2) is 0 Å². The van der Waals surface area contributed by atoms with E-state index in [0.29, 0.717) is 55.7 Å². The number of carbonyl (C=O) groups is 1. The number of nitrogens with zero attached hydrogens (tertiary/aromatic N) is 4. The van der Waals surface area contributed by atoms with Gasteiger partial charge in [-0.2, -0.15) is 13.2 Å². The van der Waals surface area contributed by atoms with E-state index in [1.165, 1.54) is 0 Å². The number of aromatic nitrogens is 2. The second-order valence-corrected chi connectivity index (χ2v) is 10.0. The van der Waals surface area contributed by atoms with Gasteiger partial charge in [0.2, 0.25) is 11.8 Å². The van der Waals surface area contributed by atoms with Gasteiger partial charge in [-0.15, -0.1) is 0 Å². The molecule has 1 saturated heterocycles. The van der Waals surface area contributed by atoms with Crippen molar-refractivity contribution in [3.8, 4) is 17.1 Å². The van der Waals surface area contributed by atoms with E-state index < -0.39 is 23.0 Å². The lowest BCUT2D eigenvalue weighted by Gasteiger charge is -2.42. The van der Waals surface area contributed by atoms with Crippen LogP contribution >= 0.6 is 0 Å². The first-order valence-electron chi connectivity index (χ1n) is 13.1. The molecule has 40 heavy (non-hydrogen) atoms. The molecule has 1 fully saturated rings. The van der Waals surface area contributed by atoms with Crippen molar-refractivity contribution < 1.29 is 27.1 Å². The second-order valence-electron chi connectivity index (χ2n) is 10.0. The maximum atomic E-state index is 14.7. The van der Waals surface area contributed by atoms with Crippen molar-refractivity contribution in [3.05, 3.63) is 71.8 Å². The van der Waals surface area contributed by atoms with E-state index >= 15 is 0 Å². The zero-order valence-electron chi connectivity index (χ0n) is 22.8. The summed E-state index contributed by atoms with van der Waals surface area (Å²) in [5.74, 6) is -0.633. The SMILES string of the molecule is CCOc1ncccc1-c1ccc(C2(C(=O)NCCN(C)C)CCN(c3ccc(C(F)(F)F)cc3F)CC2)cn1. The Labute approximate surface area is 231 Å². The molecule has 1 aliphatic rings. The predicted molar refractivity (Wildman–Crippen MR) is 145 cm³/mol. The number of piperidine rings is 1. The van der Waals surface area contributed by atoms with Crippen molar-refractivity contribution in [1.29, 1.82) is 0 Å². The highest BCUT2D eigenvalue weighted by Crippen LogP contribution is 2.39. The number of amides is 1. The summed E-state index contributed by atoms with van der Waals surface area (Å²) in [4.78, 5) is 26.2. The fraction of sp³-hybridized carbons (Fsp3) is 0.414. The Kier molecular flexibility index (Phi) is 8.92. The summed E-state index contributed by atoms with van der Waals surface area (Å²) in [7, 11) is 3.83. The average molecular weight is 560 g/mol. The van der Waals surface area contributed by atoms with E-state index in [1.54, 1.807) is 23.4 Å². The van der Waals surface area contributed by atoms with Gasteiger partial charge in [0.05, 0.1) is 34.5 Å². The Balaban J connectivity index is 1.60. The van der Waals surface area contributed by atoms with Crippen molar-refractivity contribution in [2.75, 3.05) is 51.8 Å². The molecule has 3 aromatic rings. The monoisotopic (exact) mass is 559 g/mol. The molecule has 0 unspecified atom stereocenters. The lowest BCUT2D eigenvalue weighted by molar-refractivity contribution is -0.137. The fourth-order valence-electron chi connectivity index (χ4n) is 4.95. The molecule has 214 valence electrons. The molecule has 7 nitrogen and oxygen atoms in total. The average Bonchev–Trinajstić information content (AvgIpc) is 2.93. The number of hydrogen-bond donors (Lipinski definition) is 1. The zero-order chi connectivity index (χ0) is 28.9. The molecule has 0 radical (unpaired) electrons. The first-order valence-corrected chi connectivity index (χ1v) is 13.1. The van der Waals surface area contributed by atoms with Crippen molar-refractivity contribution in [2.24, 2.45) is 0 Å². The van der Waals surface area contributed by atoms with Crippen LogP contribution in [0.3, 0.4) is 0 Å². The van der Waals surface area contributed by atoms with E-state index in [2.05, 4.69) is 15.3 Å². The van der Waals surface area contributed by atoms with Crippen LogP contribution in [-0.4, -0.2) is 67.7 Å². The second kappa shape index (κ2) is 12.2. The largest absolute Gasteiger partial charge is 0.477 e. The summed E-state index contributed by atoms with van der Waals surface area (Å²) in [5.41, 5.74) is 0.207. The molecule has 11 heteroatoms. The number of nitrogens with one attached hydrogen (secondary N) is 1. The van der Waals surface area contributed by atoms with Gasteiger partial charge in [0.25, 0.3) is 0 Å². The molecule has 0 spiro atoms. The van der Waals surface area contributed by atoms with Crippen molar-refractivity contribution in [2.45, 2.75) is 31.4 Å². The third-order valence-electron chi connectivity index (χ3n) is 7.16. The lowest BCUT2D eigenvalue weighted by Crippen LogP contribution is -2.52. The van der Waals surface area contributed by atoms with Gasteiger partial charge in [-0.25, -0.2) is 9.37 Å². The lowest BCUT2D eigenvalue weighted by atomic mass is 9.72. The van der Waals surface area contributed by atoms with E-state index in [4.69, 9.17) is 4.74 Å². The zero-order valence-corrected chi connectivity index (χ0v) is 22.8. The van der Waals surface area contributed by atoms with Crippen LogP contribution in [0.1, 0.15) is 30.9 Å². The van der Waals surface area contributed by atoms with Gasteiger partial charge in [0, 0.05) is 38.6 Å². The van der Waals surface area contributed by atoms with Crippen LogP contribution in [0.4, 0.5) is 23.2 Å².